The van der Waals surface area contributed by atoms with Gasteiger partial charge in [-0.25, -0.2) is 10.8 Å². The molecule has 0 radical (unpaired) electrons. The van der Waals surface area contributed by atoms with Gasteiger partial charge in [0, 0.05) is 17.4 Å². The minimum atomic E-state index is -0.434. The van der Waals surface area contributed by atoms with E-state index in [1.54, 1.807) is 0 Å². The molecule has 1 aliphatic rings. The van der Waals surface area contributed by atoms with Crippen molar-refractivity contribution in [2.45, 2.75) is 30.6 Å². The van der Waals surface area contributed by atoms with Gasteiger partial charge in [0.2, 0.25) is 5.82 Å². The van der Waals surface area contributed by atoms with Crippen molar-refractivity contribution in [3.63, 3.8) is 0 Å². The standard InChI is InChI=1S/C11H17N5O2S/c1-19-8-3-2-7(6-8)13-11-9(16(17)18)4-5-10(14-11)15-12/h4-5,7-8H,2-3,6,12H2,1H3,(H2,13,14,15). The van der Waals surface area contributed by atoms with Gasteiger partial charge in [-0.15, -0.1) is 0 Å². The van der Waals surface area contributed by atoms with Gasteiger partial charge in [0.05, 0.1) is 4.92 Å². The first kappa shape index (κ1) is 13.9. The van der Waals surface area contributed by atoms with Crippen LogP contribution in [0.2, 0.25) is 0 Å². The molecular weight excluding hydrogens is 266 g/mol. The Balaban J connectivity index is 2.16. The second kappa shape index (κ2) is 6.07. The van der Waals surface area contributed by atoms with E-state index < -0.39 is 4.92 Å². The lowest BCUT2D eigenvalue weighted by Gasteiger charge is -2.14. The smallest absolute Gasteiger partial charge is 0.311 e. The lowest BCUT2D eigenvalue weighted by atomic mass is 10.2. The summed E-state index contributed by atoms with van der Waals surface area (Å²) in [7, 11) is 0. The van der Waals surface area contributed by atoms with Crippen molar-refractivity contribution in [2.24, 2.45) is 5.84 Å². The Morgan fingerprint density at radius 1 is 1.53 bits per heavy atom. The first-order valence-electron chi connectivity index (χ1n) is 6.05. The summed E-state index contributed by atoms with van der Waals surface area (Å²) < 4.78 is 0. The van der Waals surface area contributed by atoms with Crippen LogP contribution in [0.5, 0.6) is 0 Å². The molecule has 0 amide bonds. The van der Waals surface area contributed by atoms with Gasteiger partial charge in [0.25, 0.3) is 0 Å². The van der Waals surface area contributed by atoms with Gasteiger partial charge in [-0.05, 0) is 31.6 Å². The molecular formula is C11H17N5O2S. The molecule has 1 fully saturated rings. The van der Waals surface area contributed by atoms with Crippen molar-refractivity contribution in [1.29, 1.82) is 0 Å². The van der Waals surface area contributed by atoms with Crippen LogP contribution in [-0.4, -0.2) is 27.5 Å². The fraction of sp³-hybridized carbons (Fsp3) is 0.545. The summed E-state index contributed by atoms with van der Waals surface area (Å²) in [6.07, 6.45) is 5.22. The quantitative estimate of drug-likeness (QED) is 0.431. The van der Waals surface area contributed by atoms with Crippen LogP contribution in [-0.2, 0) is 0 Å². The topological polar surface area (TPSA) is 106 Å². The summed E-state index contributed by atoms with van der Waals surface area (Å²) in [5.41, 5.74) is 2.38. The maximum Gasteiger partial charge on any atom is 0.311 e. The SMILES string of the molecule is CSC1CCC(Nc2nc(NN)ccc2[N+](=O)[O-])C1. The normalized spacial score (nSPS) is 22.2. The molecule has 1 saturated carbocycles. The van der Waals surface area contributed by atoms with Gasteiger partial charge in [-0.1, -0.05) is 0 Å². The highest BCUT2D eigenvalue weighted by Crippen LogP contribution is 2.32. The average molecular weight is 283 g/mol. The summed E-state index contributed by atoms with van der Waals surface area (Å²) in [5, 5.41) is 14.8. The summed E-state index contributed by atoms with van der Waals surface area (Å²) in [6.45, 7) is 0. The van der Waals surface area contributed by atoms with E-state index >= 15 is 0 Å². The predicted octanol–water partition coefficient (Wildman–Crippen LogP) is 1.97. The number of nitrogen functional groups attached to an aromatic ring is 1. The number of nitro groups is 1. The number of pyridine rings is 1. The van der Waals surface area contributed by atoms with Crippen LogP contribution in [0.1, 0.15) is 19.3 Å². The van der Waals surface area contributed by atoms with Gasteiger partial charge in [0.1, 0.15) is 5.82 Å². The van der Waals surface area contributed by atoms with E-state index in [1.807, 2.05) is 11.8 Å². The molecule has 7 nitrogen and oxygen atoms in total. The first-order valence-corrected chi connectivity index (χ1v) is 7.34. The van der Waals surface area contributed by atoms with Crippen molar-refractivity contribution in [3.05, 3.63) is 22.2 Å². The molecule has 2 unspecified atom stereocenters. The molecule has 2 atom stereocenters. The Hall–Kier alpha value is -1.54. The third kappa shape index (κ3) is 3.27. The third-order valence-corrected chi connectivity index (χ3v) is 4.37. The van der Waals surface area contributed by atoms with E-state index in [2.05, 4.69) is 22.0 Å². The number of nitrogens with zero attached hydrogens (tertiary/aromatic N) is 2. The fourth-order valence-electron chi connectivity index (χ4n) is 2.26. The zero-order valence-electron chi connectivity index (χ0n) is 10.6. The Morgan fingerprint density at radius 3 is 2.89 bits per heavy atom. The molecule has 2 rings (SSSR count). The number of hydrogen-bond acceptors (Lipinski definition) is 7. The molecule has 1 aromatic heterocycles. The summed E-state index contributed by atoms with van der Waals surface area (Å²) in [6, 6.07) is 3.13. The highest BCUT2D eigenvalue weighted by Gasteiger charge is 2.26. The zero-order valence-corrected chi connectivity index (χ0v) is 11.4. The van der Waals surface area contributed by atoms with Crippen LogP contribution in [0.15, 0.2) is 12.1 Å². The molecule has 0 bridgehead atoms. The number of nitrogens with one attached hydrogen (secondary N) is 2. The average Bonchev–Trinajstić information content (AvgIpc) is 2.86. The Kier molecular flexibility index (Phi) is 4.43. The van der Waals surface area contributed by atoms with E-state index in [-0.39, 0.29) is 17.5 Å². The van der Waals surface area contributed by atoms with Gasteiger partial charge >= 0.3 is 5.69 Å². The van der Waals surface area contributed by atoms with Crippen molar-refractivity contribution in [1.82, 2.24) is 4.98 Å². The highest BCUT2D eigenvalue weighted by atomic mass is 32.2. The Morgan fingerprint density at radius 2 is 2.32 bits per heavy atom. The van der Waals surface area contributed by atoms with Gasteiger partial charge in [-0.3, -0.25) is 10.1 Å². The van der Waals surface area contributed by atoms with Gasteiger partial charge in [0.15, 0.2) is 0 Å². The fourth-order valence-corrected chi connectivity index (χ4v) is 3.06. The maximum absolute atomic E-state index is 11.0. The molecule has 0 aliphatic heterocycles. The number of rotatable bonds is 5. The third-order valence-electron chi connectivity index (χ3n) is 3.28. The molecule has 1 heterocycles. The van der Waals surface area contributed by atoms with E-state index in [0.717, 1.165) is 19.3 Å². The predicted molar refractivity (Wildman–Crippen MR) is 77.3 cm³/mol. The number of hydrogen-bond donors (Lipinski definition) is 3. The van der Waals surface area contributed by atoms with E-state index in [4.69, 9.17) is 5.84 Å². The molecule has 19 heavy (non-hydrogen) atoms. The van der Waals surface area contributed by atoms with Crippen molar-refractivity contribution >= 4 is 29.1 Å². The lowest BCUT2D eigenvalue weighted by Crippen LogP contribution is -2.19. The minimum Gasteiger partial charge on any atom is -0.362 e. The number of hydrazine groups is 1. The summed E-state index contributed by atoms with van der Waals surface area (Å²) in [4.78, 5) is 14.7. The van der Waals surface area contributed by atoms with Crippen LogP contribution in [0.3, 0.4) is 0 Å². The maximum atomic E-state index is 11.0. The second-order valence-electron chi connectivity index (χ2n) is 4.48. The monoisotopic (exact) mass is 283 g/mol. The van der Waals surface area contributed by atoms with Gasteiger partial charge in [-0.2, -0.15) is 11.8 Å². The lowest BCUT2D eigenvalue weighted by molar-refractivity contribution is -0.384. The zero-order chi connectivity index (χ0) is 13.8. The van der Waals surface area contributed by atoms with E-state index in [0.29, 0.717) is 11.1 Å². The number of nitrogens with two attached hydrogens (primary N) is 1. The molecule has 104 valence electrons. The van der Waals surface area contributed by atoms with Crippen LogP contribution >= 0.6 is 11.8 Å². The van der Waals surface area contributed by atoms with Crippen LogP contribution in [0.4, 0.5) is 17.3 Å². The largest absolute Gasteiger partial charge is 0.362 e. The molecule has 1 aliphatic carbocycles. The first-order chi connectivity index (χ1) is 9.13. The van der Waals surface area contributed by atoms with Crippen molar-refractivity contribution in [2.75, 3.05) is 17.0 Å². The second-order valence-corrected chi connectivity index (χ2v) is 5.62. The van der Waals surface area contributed by atoms with Crippen molar-refractivity contribution < 1.29 is 4.92 Å². The molecule has 0 aromatic carbocycles. The Bertz CT molecular complexity index is 470. The molecule has 1 aromatic rings. The summed E-state index contributed by atoms with van der Waals surface area (Å²) >= 11 is 1.84. The van der Waals surface area contributed by atoms with Crippen molar-refractivity contribution in [3.8, 4) is 0 Å². The van der Waals surface area contributed by atoms with E-state index in [1.165, 1.54) is 12.1 Å². The van der Waals surface area contributed by atoms with Gasteiger partial charge < -0.3 is 10.7 Å². The molecule has 4 N–H and O–H groups in total. The van der Waals surface area contributed by atoms with Crippen LogP contribution in [0, 0.1) is 10.1 Å². The summed E-state index contributed by atoms with van der Waals surface area (Å²) in [5.74, 6) is 5.98. The number of thioether (sulfide) groups is 1. The number of anilines is 2. The molecule has 8 heteroatoms. The van der Waals surface area contributed by atoms with E-state index in [9.17, 15) is 10.1 Å². The highest BCUT2D eigenvalue weighted by molar-refractivity contribution is 7.99. The number of aromatic nitrogens is 1. The van der Waals surface area contributed by atoms with Crippen LogP contribution in [0.25, 0.3) is 0 Å². The van der Waals surface area contributed by atoms with Crippen LogP contribution < -0.4 is 16.6 Å². The minimum absolute atomic E-state index is 0.0217. The molecule has 0 saturated heterocycles. The Labute approximate surface area is 115 Å². The molecule has 0 spiro atoms.